The molecule has 0 bridgehead atoms. The average molecular weight is 463 g/mol. The van der Waals surface area contributed by atoms with Gasteiger partial charge >= 0.3 is 0 Å². The lowest BCUT2D eigenvalue weighted by atomic mass is 9.71. The minimum Gasteiger partial charge on any atom is -0.508 e. The quantitative estimate of drug-likeness (QED) is 0.545. The molecule has 3 N–H and O–H groups in total. The van der Waals surface area contributed by atoms with Gasteiger partial charge in [0.2, 0.25) is 5.91 Å². The highest BCUT2D eigenvalue weighted by atomic mass is 16.5. The molecular weight excluding hydrogens is 432 g/mol. The van der Waals surface area contributed by atoms with Crippen molar-refractivity contribution in [1.29, 1.82) is 0 Å². The molecule has 0 saturated heterocycles. The van der Waals surface area contributed by atoms with Crippen molar-refractivity contribution < 1.29 is 24.2 Å². The molecule has 7 nitrogen and oxygen atoms in total. The minimum atomic E-state index is -0.572. The Kier molecular flexibility index (Phi) is 7.03. The number of carbonyl (C=O) groups is 2. The molecular formula is C27H30N2O5. The third-order valence-electron chi connectivity index (χ3n) is 6.45. The number of allylic oxidation sites excluding steroid dienone is 3. The second kappa shape index (κ2) is 10.1. The number of ether oxygens (including phenoxy) is 2. The summed E-state index contributed by atoms with van der Waals surface area (Å²) in [5.41, 5.74) is 4.25. The van der Waals surface area contributed by atoms with Gasteiger partial charge in [-0.1, -0.05) is 30.3 Å². The summed E-state index contributed by atoms with van der Waals surface area (Å²) in [6.45, 7) is 2.59. The highest BCUT2D eigenvalue weighted by molar-refractivity contribution is 6.05. The zero-order valence-corrected chi connectivity index (χ0v) is 19.7. The van der Waals surface area contributed by atoms with Gasteiger partial charge in [0.15, 0.2) is 5.78 Å². The van der Waals surface area contributed by atoms with Crippen LogP contribution < -0.4 is 15.4 Å². The number of carbonyl (C=O) groups excluding carboxylic acids is 2. The third-order valence-corrected chi connectivity index (χ3v) is 6.45. The molecule has 34 heavy (non-hydrogen) atoms. The van der Waals surface area contributed by atoms with E-state index in [1.54, 1.807) is 32.4 Å². The van der Waals surface area contributed by atoms with Crippen molar-refractivity contribution in [1.82, 2.24) is 10.6 Å². The Morgan fingerprint density at radius 2 is 1.94 bits per heavy atom. The zero-order chi connectivity index (χ0) is 24.2. The van der Waals surface area contributed by atoms with Crippen LogP contribution in [0.4, 0.5) is 0 Å². The number of benzene rings is 2. The summed E-state index contributed by atoms with van der Waals surface area (Å²) in [5, 5.41) is 16.4. The van der Waals surface area contributed by atoms with Gasteiger partial charge in [-0.05, 0) is 42.7 Å². The Labute approximate surface area is 199 Å². The lowest BCUT2D eigenvalue weighted by Gasteiger charge is -2.37. The van der Waals surface area contributed by atoms with E-state index in [4.69, 9.17) is 9.47 Å². The average Bonchev–Trinajstić information content (AvgIpc) is 2.83. The largest absolute Gasteiger partial charge is 0.508 e. The van der Waals surface area contributed by atoms with E-state index in [-0.39, 0.29) is 23.4 Å². The van der Waals surface area contributed by atoms with Gasteiger partial charge in [0, 0.05) is 54.5 Å². The number of amides is 1. The van der Waals surface area contributed by atoms with Crippen molar-refractivity contribution in [3.05, 3.63) is 82.2 Å². The first kappa shape index (κ1) is 23.6. The van der Waals surface area contributed by atoms with Crippen molar-refractivity contribution in [3.63, 3.8) is 0 Å². The van der Waals surface area contributed by atoms with Crippen LogP contribution in [0.5, 0.6) is 11.5 Å². The Morgan fingerprint density at radius 1 is 1.15 bits per heavy atom. The summed E-state index contributed by atoms with van der Waals surface area (Å²) in [7, 11) is 3.20. The van der Waals surface area contributed by atoms with Crippen molar-refractivity contribution in [2.45, 2.75) is 31.6 Å². The van der Waals surface area contributed by atoms with Gasteiger partial charge in [-0.3, -0.25) is 9.59 Å². The van der Waals surface area contributed by atoms with E-state index in [0.717, 1.165) is 17.0 Å². The fraction of sp³-hybridized carbons (Fsp3) is 0.333. The smallest absolute Gasteiger partial charge is 0.250 e. The molecule has 0 radical (unpaired) electrons. The lowest BCUT2D eigenvalue weighted by Crippen LogP contribution is -2.39. The lowest BCUT2D eigenvalue weighted by molar-refractivity contribution is -0.118. The number of methoxy groups -OCH3 is 2. The summed E-state index contributed by atoms with van der Waals surface area (Å²) >= 11 is 0. The van der Waals surface area contributed by atoms with Crippen LogP contribution in [0, 0.1) is 0 Å². The number of hydrogen-bond donors (Lipinski definition) is 3. The molecule has 1 aliphatic carbocycles. The predicted octanol–water partition coefficient (Wildman–Crippen LogP) is 3.53. The van der Waals surface area contributed by atoms with Gasteiger partial charge in [-0.15, -0.1) is 0 Å². The SMILES string of the molecule is COCCNC(=O)C1=C(C)NC2=C(C(=O)CC(c3ccccc3OC)C2)C1c1cccc(O)c1. The van der Waals surface area contributed by atoms with Crippen LogP contribution in [0.15, 0.2) is 71.1 Å². The summed E-state index contributed by atoms with van der Waals surface area (Å²) in [6.07, 6.45) is 0.931. The summed E-state index contributed by atoms with van der Waals surface area (Å²) < 4.78 is 10.6. The van der Waals surface area contributed by atoms with Gasteiger partial charge in [0.25, 0.3) is 0 Å². The number of aromatic hydroxyl groups is 1. The van der Waals surface area contributed by atoms with E-state index in [1.165, 1.54) is 0 Å². The molecule has 2 atom stereocenters. The molecule has 1 heterocycles. The molecule has 2 aliphatic rings. The number of Topliss-reactive ketones (excluding diaryl/α,β-unsaturated/α-hetero) is 1. The number of phenols is 1. The highest BCUT2D eigenvalue weighted by Gasteiger charge is 2.41. The van der Waals surface area contributed by atoms with Crippen LogP contribution in [0.1, 0.15) is 42.7 Å². The molecule has 0 saturated carbocycles. The molecule has 2 aromatic carbocycles. The molecule has 0 fully saturated rings. The molecule has 7 heteroatoms. The monoisotopic (exact) mass is 462 g/mol. The second-order valence-corrected chi connectivity index (χ2v) is 8.60. The fourth-order valence-electron chi connectivity index (χ4n) is 4.96. The predicted molar refractivity (Wildman–Crippen MR) is 129 cm³/mol. The standard InChI is InChI=1S/C27H30N2O5/c1-16-24(27(32)28-11-12-33-2)25(17-7-6-8-19(30)13-17)26-21(29-16)14-18(15-22(26)31)20-9-4-5-10-23(20)34-3/h4-10,13,18,25,29-30H,11-12,14-15H2,1-3H3,(H,28,32). The van der Waals surface area contributed by atoms with E-state index in [2.05, 4.69) is 10.6 Å². The van der Waals surface area contributed by atoms with Gasteiger partial charge in [0.1, 0.15) is 11.5 Å². The van der Waals surface area contributed by atoms with E-state index in [9.17, 15) is 14.7 Å². The Bertz CT molecular complexity index is 1170. The first-order valence-corrected chi connectivity index (χ1v) is 11.4. The molecule has 1 aliphatic heterocycles. The third kappa shape index (κ3) is 4.56. The molecule has 178 valence electrons. The van der Waals surface area contributed by atoms with E-state index in [0.29, 0.717) is 48.4 Å². The first-order chi connectivity index (χ1) is 16.4. The molecule has 4 rings (SSSR count). The van der Waals surface area contributed by atoms with Gasteiger partial charge in [-0.25, -0.2) is 0 Å². The number of phenolic OH excluding ortho intramolecular Hbond substituents is 1. The number of hydrogen-bond acceptors (Lipinski definition) is 6. The van der Waals surface area contributed by atoms with Crippen molar-refractivity contribution in [2.24, 2.45) is 0 Å². The van der Waals surface area contributed by atoms with Crippen molar-refractivity contribution >= 4 is 11.7 Å². The number of nitrogens with one attached hydrogen (secondary N) is 2. The number of rotatable bonds is 7. The first-order valence-electron chi connectivity index (χ1n) is 11.4. The Balaban J connectivity index is 1.76. The second-order valence-electron chi connectivity index (χ2n) is 8.60. The summed E-state index contributed by atoms with van der Waals surface area (Å²) in [6, 6.07) is 14.5. The van der Waals surface area contributed by atoms with E-state index in [1.807, 2.05) is 37.3 Å². The molecule has 2 aromatic rings. The Hall–Kier alpha value is -3.58. The molecule has 2 unspecified atom stereocenters. The van der Waals surface area contributed by atoms with Crippen LogP contribution in [-0.2, 0) is 14.3 Å². The summed E-state index contributed by atoms with van der Waals surface area (Å²) in [4.78, 5) is 26.9. The number of dihydropyridines is 1. The normalized spacial score (nSPS) is 20.0. The van der Waals surface area contributed by atoms with Gasteiger partial charge in [-0.2, -0.15) is 0 Å². The van der Waals surface area contributed by atoms with Crippen LogP contribution in [-0.4, -0.2) is 44.2 Å². The van der Waals surface area contributed by atoms with Crippen LogP contribution in [0.25, 0.3) is 0 Å². The minimum absolute atomic E-state index is 0.0207. The van der Waals surface area contributed by atoms with Gasteiger partial charge in [0.05, 0.1) is 13.7 Å². The fourth-order valence-corrected chi connectivity index (χ4v) is 4.96. The van der Waals surface area contributed by atoms with Crippen LogP contribution >= 0.6 is 0 Å². The van der Waals surface area contributed by atoms with Crippen LogP contribution in [0.2, 0.25) is 0 Å². The van der Waals surface area contributed by atoms with Crippen molar-refractivity contribution in [2.75, 3.05) is 27.4 Å². The molecule has 0 spiro atoms. The summed E-state index contributed by atoms with van der Waals surface area (Å²) in [5.74, 6) is -0.0452. The van der Waals surface area contributed by atoms with Crippen molar-refractivity contribution in [3.8, 4) is 11.5 Å². The van der Waals surface area contributed by atoms with Crippen LogP contribution in [0.3, 0.4) is 0 Å². The highest BCUT2D eigenvalue weighted by Crippen LogP contribution is 2.46. The Morgan fingerprint density at radius 3 is 2.68 bits per heavy atom. The maximum absolute atomic E-state index is 13.6. The maximum atomic E-state index is 13.6. The molecule has 0 aromatic heterocycles. The number of ketones is 1. The number of para-hydroxylation sites is 1. The molecule has 1 amide bonds. The topological polar surface area (TPSA) is 96.9 Å². The zero-order valence-electron chi connectivity index (χ0n) is 19.7. The van der Waals surface area contributed by atoms with E-state index >= 15 is 0 Å². The van der Waals surface area contributed by atoms with Gasteiger partial charge < -0.3 is 25.2 Å². The van der Waals surface area contributed by atoms with E-state index < -0.39 is 5.92 Å². The maximum Gasteiger partial charge on any atom is 0.250 e.